The molecule has 0 aliphatic heterocycles. The molecule has 3 rings (SSSR count). The molecule has 0 saturated carbocycles. The summed E-state index contributed by atoms with van der Waals surface area (Å²) in [6.07, 6.45) is 0. The van der Waals surface area contributed by atoms with E-state index in [2.05, 4.69) is 0 Å². The van der Waals surface area contributed by atoms with Crippen LogP contribution in [0.1, 0.15) is 31.8 Å². The van der Waals surface area contributed by atoms with E-state index in [-0.39, 0.29) is 22.3 Å². The van der Waals surface area contributed by atoms with E-state index >= 15 is 0 Å². The van der Waals surface area contributed by atoms with Crippen LogP contribution in [-0.4, -0.2) is 22.2 Å². The zero-order valence-electron chi connectivity index (χ0n) is 15.1. The van der Waals surface area contributed by atoms with Crippen molar-refractivity contribution >= 4 is 35.1 Å². The van der Waals surface area contributed by atoms with Crippen LogP contribution in [-0.2, 0) is 0 Å². The van der Waals surface area contributed by atoms with Gasteiger partial charge in [0.25, 0.3) is 0 Å². The molecule has 0 heterocycles. The Labute approximate surface area is 172 Å². The number of aryl methyl sites for hydroxylation is 2. The first-order valence-corrected chi connectivity index (χ1v) is 9.14. The molecule has 0 aliphatic rings. The molecule has 0 amide bonds. The van der Waals surface area contributed by atoms with Crippen molar-refractivity contribution in [2.75, 3.05) is 0 Å². The van der Waals surface area contributed by atoms with Gasteiger partial charge in [0.15, 0.2) is 0 Å². The Morgan fingerprint density at radius 2 is 1.04 bits per heavy atom. The van der Waals surface area contributed by atoms with Crippen molar-refractivity contribution in [2.24, 2.45) is 0 Å². The van der Waals surface area contributed by atoms with Crippen LogP contribution in [0, 0.1) is 13.8 Å². The molecule has 2 N–H and O–H groups in total. The van der Waals surface area contributed by atoms with Gasteiger partial charge in [0, 0.05) is 22.3 Å². The van der Waals surface area contributed by atoms with Gasteiger partial charge in [-0.25, -0.2) is 9.59 Å². The van der Waals surface area contributed by atoms with Gasteiger partial charge in [-0.3, -0.25) is 0 Å². The SMILES string of the molecule is Cc1cccc(-c2c(C(=O)O)ccc(C(=O)O)c2-c2cccc(C)c2Cl)c1Cl. The predicted molar refractivity (Wildman–Crippen MR) is 111 cm³/mol. The highest BCUT2D eigenvalue weighted by Gasteiger charge is 2.26. The molecule has 6 heteroatoms. The molecule has 0 aliphatic carbocycles. The Hall–Kier alpha value is -2.82. The van der Waals surface area contributed by atoms with E-state index in [0.29, 0.717) is 21.2 Å². The predicted octanol–water partition coefficient (Wildman–Crippen LogP) is 6.34. The highest BCUT2D eigenvalue weighted by atomic mass is 35.5. The van der Waals surface area contributed by atoms with Gasteiger partial charge in [-0.15, -0.1) is 0 Å². The van der Waals surface area contributed by atoms with Crippen molar-refractivity contribution < 1.29 is 19.8 Å². The average Bonchev–Trinajstić information content (AvgIpc) is 2.65. The summed E-state index contributed by atoms with van der Waals surface area (Å²) in [6.45, 7) is 3.60. The third kappa shape index (κ3) is 3.37. The maximum atomic E-state index is 12.0. The Balaban J connectivity index is 2.57. The molecule has 3 aromatic rings. The molecule has 0 spiro atoms. The lowest BCUT2D eigenvalue weighted by atomic mass is 9.86. The molecule has 0 unspecified atom stereocenters. The van der Waals surface area contributed by atoms with Crippen molar-refractivity contribution in [1.82, 2.24) is 0 Å². The average molecular weight is 415 g/mol. The third-order valence-corrected chi connectivity index (χ3v) is 5.59. The Morgan fingerprint density at radius 1 is 0.679 bits per heavy atom. The second kappa shape index (κ2) is 7.66. The van der Waals surface area contributed by atoms with Crippen LogP contribution in [0.4, 0.5) is 0 Å². The van der Waals surface area contributed by atoms with E-state index < -0.39 is 11.9 Å². The first-order chi connectivity index (χ1) is 13.2. The first kappa shape index (κ1) is 19.9. The fourth-order valence-corrected chi connectivity index (χ4v) is 3.64. The topological polar surface area (TPSA) is 74.6 Å². The quantitative estimate of drug-likeness (QED) is 0.521. The maximum Gasteiger partial charge on any atom is 0.336 e. The normalized spacial score (nSPS) is 10.7. The van der Waals surface area contributed by atoms with Crippen molar-refractivity contribution in [3.63, 3.8) is 0 Å². The molecule has 28 heavy (non-hydrogen) atoms. The summed E-state index contributed by atoms with van der Waals surface area (Å²) >= 11 is 13.0. The second-order valence-corrected chi connectivity index (χ2v) is 7.15. The van der Waals surface area contributed by atoms with Crippen LogP contribution in [0.2, 0.25) is 10.0 Å². The molecule has 0 radical (unpaired) electrons. The highest BCUT2D eigenvalue weighted by molar-refractivity contribution is 6.36. The molecule has 142 valence electrons. The number of halogens is 2. The number of benzene rings is 3. The van der Waals surface area contributed by atoms with Gasteiger partial charge >= 0.3 is 11.9 Å². The van der Waals surface area contributed by atoms with Gasteiger partial charge < -0.3 is 10.2 Å². The standard InChI is InChI=1S/C22H16Cl2O4/c1-11-5-3-7-13(19(11)23)17-15(21(25)26)9-10-16(22(27)28)18(17)14-8-4-6-12(2)20(14)24/h3-10H,1-2H3,(H,25,26)(H,27,28). The largest absolute Gasteiger partial charge is 0.478 e. The number of hydrogen-bond donors (Lipinski definition) is 2. The first-order valence-electron chi connectivity index (χ1n) is 8.38. The van der Waals surface area contributed by atoms with E-state index in [1.807, 2.05) is 0 Å². The van der Waals surface area contributed by atoms with Crippen LogP contribution >= 0.6 is 23.2 Å². The molecule has 0 saturated heterocycles. The zero-order chi connectivity index (χ0) is 20.6. The summed E-state index contributed by atoms with van der Waals surface area (Å²) in [4.78, 5) is 24.0. The van der Waals surface area contributed by atoms with E-state index in [1.165, 1.54) is 12.1 Å². The maximum absolute atomic E-state index is 12.0. The van der Waals surface area contributed by atoms with E-state index in [1.54, 1.807) is 50.2 Å². The minimum absolute atomic E-state index is 0.0509. The van der Waals surface area contributed by atoms with Gasteiger partial charge in [-0.2, -0.15) is 0 Å². The van der Waals surface area contributed by atoms with E-state index in [0.717, 1.165) is 11.1 Å². The fraction of sp³-hybridized carbons (Fsp3) is 0.0909. The number of rotatable bonds is 4. The number of hydrogen-bond acceptors (Lipinski definition) is 2. The van der Waals surface area contributed by atoms with Gasteiger partial charge in [-0.05, 0) is 37.1 Å². The smallest absolute Gasteiger partial charge is 0.336 e. The zero-order valence-corrected chi connectivity index (χ0v) is 16.6. The summed E-state index contributed by atoms with van der Waals surface area (Å²) in [6, 6.07) is 13.0. The third-order valence-electron chi connectivity index (χ3n) is 4.59. The number of carboxylic acid groups (broad SMARTS) is 2. The summed E-state index contributed by atoms with van der Waals surface area (Å²) in [5.41, 5.74) is 2.73. The van der Waals surface area contributed by atoms with Crippen molar-refractivity contribution in [3.8, 4) is 22.3 Å². The molecule has 0 atom stereocenters. The summed E-state index contributed by atoms with van der Waals surface area (Å²) in [5, 5.41) is 20.3. The minimum Gasteiger partial charge on any atom is -0.478 e. The van der Waals surface area contributed by atoms with Crippen LogP contribution in [0.3, 0.4) is 0 Å². The molecular formula is C22H16Cl2O4. The minimum atomic E-state index is -1.19. The van der Waals surface area contributed by atoms with Gasteiger partial charge in [-0.1, -0.05) is 59.6 Å². The van der Waals surface area contributed by atoms with Crippen LogP contribution in [0.25, 0.3) is 22.3 Å². The molecule has 4 nitrogen and oxygen atoms in total. The van der Waals surface area contributed by atoms with Crippen LogP contribution in [0.5, 0.6) is 0 Å². The monoisotopic (exact) mass is 414 g/mol. The Morgan fingerprint density at radius 3 is 1.36 bits per heavy atom. The Bertz CT molecular complexity index is 1030. The van der Waals surface area contributed by atoms with Crippen LogP contribution in [0.15, 0.2) is 48.5 Å². The number of carboxylic acids is 2. The Kier molecular flexibility index (Phi) is 5.45. The molecule has 0 aromatic heterocycles. The number of aromatic carboxylic acids is 2. The van der Waals surface area contributed by atoms with Crippen molar-refractivity contribution in [3.05, 3.63) is 80.8 Å². The van der Waals surface area contributed by atoms with Crippen molar-refractivity contribution in [1.29, 1.82) is 0 Å². The second-order valence-electron chi connectivity index (χ2n) is 6.39. The van der Waals surface area contributed by atoms with Gasteiger partial charge in [0.1, 0.15) is 0 Å². The molecule has 0 bridgehead atoms. The molecule has 3 aromatic carbocycles. The molecule has 0 fully saturated rings. The lowest BCUT2D eigenvalue weighted by Gasteiger charge is -2.19. The lowest BCUT2D eigenvalue weighted by Crippen LogP contribution is -2.08. The van der Waals surface area contributed by atoms with E-state index in [4.69, 9.17) is 23.2 Å². The fourth-order valence-electron chi connectivity index (χ4n) is 3.20. The molecular weight excluding hydrogens is 399 g/mol. The van der Waals surface area contributed by atoms with Gasteiger partial charge in [0.05, 0.1) is 21.2 Å². The summed E-state index contributed by atoms with van der Waals surface area (Å²) in [7, 11) is 0. The number of carbonyl (C=O) groups is 2. The summed E-state index contributed by atoms with van der Waals surface area (Å²) in [5.74, 6) is -2.37. The van der Waals surface area contributed by atoms with E-state index in [9.17, 15) is 19.8 Å². The lowest BCUT2D eigenvalue weighted by molar-refractivity contribution is 0.0682. The van der Waals surface area contributed by atoms with Crippen LogP contribution < -0.4 is 0 Å². The highest BCUT2D eigenvalue weighted by Crippen LogP contribution is 2.44. The van der Waals surface area contributed by atoms with Crippen molar-refractivity contribution in [2.45, 2.75) is 13.8 Å². The summed E-state index contributed by atoms with van der Waals surface area (Å²) < 4.78 is 0. The van der Waals surface area contributed by atoms with Gasteiger partial charge in [0.2, 0.25) is 0 Å².